The van der Waals surface area contributed by atoms with E-state index in [0.717, 1.165) is 15.4 Å². The second-order valence-corrected chi connectivity index (χ2v) is 9.63. The fourth-order valence-electron chi connectivity index (χ4n) is 3.50. The van der Waals surface area contributed by atoms with E-state index in [2.05, 4.69) is 17.2 Å². The molecule has 0 aromatic heterocycles. The first-order valence-corrected chi connectivity index (χ1v) is 12.1. The molecule has 0 fully saturated rings. The van der Waals surface area contributed by atoms with Crippen molar-refractivity contribution in [1.29, 1.82) is 0 Å². The van der Waals surface area contributed by atoms with Crippen LogP contribution in [0.2, 0.25) is 0 Å². The van der Waals surface area contributed by atoms with Crippen LogP contribution in [0.1, 0.15) is 21.5 Å². The van der Waals surface area contributed by atoms with Crippen LogP contribution >= 0.6 is 0 Å². The van der Waals surface area contributed by atoms with Gasteiger partial charge in [-0.25, -0.2) is 8.42 Å². The Kier molecular flexibility index (Phi) is 7.86. The van der Waals surface area contributed by atoms with E-state index in [1.807, 2.05) is 19.9 Å². The third kappa shape index (κ3) is 5.90. The van der Waals surface area contributed by atoms with Crippen molar-refractivity contribution in [2.45, 2.75) is 18.7 Å². The average molecular weight is 478 g/mol. The molecular formula is C26H27N3O4S. The SMILES string of the molecule is C=CCNC(=O)c1ccccc1NC(=O)CN(c1cc(C)cc(C)c1)S(=O)(=O)c1ccccc1. The lowest BCUT2D eigenvalue weighted by Gasteiger charge is -2.25. The largest absolute Gasteiger partial charge is 0.349 e. The topological polar surface area (TPSA) is 95.6 Å². The number of nitrogens with zero attached hydrogens (tertiary/aromatic N) is 1. The van der Waals surface area contributed by atoms with E-state index in [9.17, 15) is 18.0 Å². The van der Waals surface area contributed by atoms with Crippen LogP contribution in [0.25, 0.3) is 0 Å². The molecule has 7 nitrogen and oxygen atoms in total. The number of anilines is 2. The molecule has 3 aromatic rings. The summed E-state index contributed by atoms with van der Waals surface area (Å²) in [6.45, 7) is 7.10. The first-order chi connectivity index (χ1) is 16.2. The number of nitrogens with one attached hydrogen (secondary N) is 2. The standard InChI is InChI=1S/C26H27N3O4S/c1-4-14-27-26(31)23-12-8-9-13-24(23)28-25(30)18-29(21-16-19(2)15-20(3)17-21)34(32,33)22-10-6-5-7-11-22/h4-13,15-17H,1,14,18H2,2-3H3,(H,27,31)(H,28,30). The first kappa shape index (κ1) is 24.7. The van der Waals surface area contributed by atoms with Crippen LogP contribution in [0.5, 0.6) is 0 Å². The van der Waals surface area contributed by atoms with Gasteiger partial charge in [0.2, 0.25) is 5.91 Å². The van der Waals surface area contributed by atoms with Gasteiger partial charge in [-0.05, 0) is 61.4 Å². The smallest absolute Gasteiger partial charge is 0.264 e. The van der Waals surface area contributed by atoms with Crippen molar-refractivity contribution in [3.8, 4) is 0 Å². The molecule has 8 heteroatoms. The maximum absolute atomic E-state index is 13.5. The molecule has 176 valence electrons. The summed E-state index contributed by atoms with van der Waals surface area (Å²) in [6.07, 6.45) is 1.55. The Morgan fingerprint density at radius 3 is 2.21 bits per heavy atom. The Morgan fingerprint density at radius 2 is 1.56 bits per heavy atom. The molecule has 0 unspecified atom stereocenters. The molecule has 0 saturated heterocycles. The third-order valence-corrected chi connectivity index (χ3v) is 6.75. The van der Waals surface area contributed by atoms with Gasteiger partial charge in [-0.2, -0.15) is 0 Å². The highest BCUT2D eigenvalue weighted by Gasteiger charge is 2.28. The quantitative estimate of drug-likeness (QED) is 0.455. The van der Waals surface area contributed by atoms with Crippen LogP contribution in [0.3, 0.4) is 0 Å². The van der Waals surface area contributed by atoms with Crippen LogP contribution < -0.4 is 14.9 Å². The summed E-state index contributed by atoms with van der Waals surface area (Å²) in [6, 6.07) is 19.9. The molecule has 0 radical (unpaired) electrons. The van der Waals surface area contributed by atoms with E-state index < -0.39 is 22.5 Å². The second kappa shape index (κ2) is 10.8. The average Bonchev–Trinajstić information content (AvgIpc) is 2.81. The number of sulfonamides is 1. The highest BCUT2D eigenvalue weighted by atomic mass is 32.2. The van der Waals surface area contributed by atoms with Gasteiger partial charge in [0, 0.05) is 6.54 Å². The van der Waals surface area contributed by atoms with Crippen molar-refractivity contribution < 1.29 is 18.0 Å². The number of benzene rings is 3. The zero-order chi connectivity index (χ0) is 24.7. The van der Waals surface area contributed by atoms with Crippen molar-refractivity contribution in [2.75, 3.05) is 22.7 Å². The van der Waals surface area contributed by atoms with Crippen LogP contribution in [-0.4, -0.2) is 33.3 Å². The molecule has 0 heterocycles. The maximum Gasteiger partial charge on any atom is 0.264 e. The number of carbonyl (C=O) groups is 2. The van der Waals surface area contributed by atoms with E-state index in [0.29, 0.717) is 5.69 Å². The Hall–Kier alpha value is -3.91. The molecule has 0 atom stereocenters. The van der Waals surface area contributed by atoms with E-state index >= 15 is 0 Å². The maximum atomic E-state index is 13.5. The Balaban J connectivity index is 1.95. The van der Waals surface area contributed by atoms with Gasteiger partial charge in [0.1, 0.15) is 6.54 Å². The Morgan fingerprint density at radius 1 is 0.941 bits per heavy atom. The van der Waals surface area contributed by atoms with Gasteiger partial charge in [-0.1, -0.05) is 42.5 Å². The molecule has 2 amide bonds. The zero-order valence-electron chi connectivity index (χ0n) is 19.1. The normalized spacial score (nSPS) is 10.9. The molecule has 3 aromatic carbocycles. The highest BCUT2D eigenvalue weighted by Crippen LogP contribution is 2.26. The summed E-state index contributed by atoms with van der Waals surface area (Å²) in [5, 5.41) is 5.36. The number of para-hydroxylation sites is 1. The number of carbonyl (C=O) groups excluding carboxylic acids is 2. The minimum absolute atomic E-state index is 0.0752. The van der Waals surface area contributed by atoms with Gasteiger partial charge in [0.25, 0.3) is 15.9 Å². The van der Waals surface area contributed by atoms with Gasteiger partial charge in [-0.15, -0.1) is 6.58 Å². The lowest BCUT2D eigenvalue weighted by atomic mass is 10.1. The summed E-state index contributed by atoms with van der Waals surface area (Å²) in [5.41, 5.74) is 2.67. The van der Waals surface area contributed by atoms with Gasteiger partial charge in [-0.3, -0.25) is 13.9 Å². The second-order valence-electron chi connectivity index (χ2n) is 7.76. The van der Waals surface area contributed by atoms with Crippen molar-refractivity contribution in [2.24, 2.45) is 0 Å². The van der Waals surface area contributed by atoms with Crippen LogP contribution in [0, 0.1) is 13.8 Å². The molecule has 0 aliphatic rings. The summed E-state index contributed by atoms with van der Waals surface area (Å²) in [7, 11) is -4.03. The van der Waals surface area contributed by atoms with Crippen LogP contribution in [-0.2, 0) is 14.8 Å². The number of hydrogen-bond acceptors (Lipinski definition) is 4. The Labute approximate surface area is 200 Å². The van der Waals surface area contributed by atoms with Crippen LogP contribution in [0.15, 0.2) is 90.3 Å². The molecule has 34 heavy (non-hydrogen) atoms. The van der Waals surface area contributed by atoms with Crippen LogP contribution in [0.4, 0.5) is 11.4 Å². The van der Waals surface area contributed by atoms with Gasteiger partial charge in [0.15, 0.2) is 0 Å². The van der Waals surface area contributed by atoms with Crippen molar-refractivity contribution in [1.82, 2.24) is 5.32 Å². The van der Waals surface area contributed by atoms with E-state index in [1.54, 1.807) is 60.7 Å². The highest BCUT2D eigenvalue weighted by molar-refractivity contribution is 7.92. The number of aryl methyl sites for hydroxylation is 2. The summed E-state index contributed by atoms with van der Waals surface area (Å²) >= 11 is 0. The molecular weight excluding hydrogens is 450 g/mol. The molecule has 0 aliphatic carbocycles. The van der Waals surface area contributed by atoms with Gasteiger partial charge < -0.3 is 10.6 Å². The lowest BCUT2D eigenvalue weighted by Crippen LogP contribution is -2.38. The predicted molar refractivity (Wildman–Crippen MR) is 134 cm³/mol. The van der Waals surface area contributed by atoms with E-state index in [4.69, 9.17) is 0 Å². The summed E-state index contributed by atoms with van der Waals surface area (Å²) in [4.78, 5) is 25.6. The minimum Gasteiger partial charge on any atom is -0.349 e. The molecule has 0 saturated carbocycles. The molecule has 3 rings (SSSR count). The van der Waals surface area contributed by atoms with Crippen molar-refractivity contribution in [3.63, 3.8) is 0 Å². The minimum atomic E-state index is -4.03. The zero-order valence-corrected chi connectivity index (χ0v) is 19.9. The predicted octanol–water partition coefficient (Wildman–Crippen LogP) is 4.05. The van der Waals surface area contributed by atoms with E-state index in [1.165, 1.54) is 12.1 Å². The monoisotopic (exact) mass is 477 g/mol. The van der Waals surface area contributed by atoms with Crippen molar-refractivity contribution in [3.05, 3.63) is 102 Å². The fraction of sp³-hybridized carbons (Fsp3) is 0.154. The Bertz CT molecular complexity index is 1280. The molecule has 0 spiro atoms. The first-order valence-electron chi connectivity index (χ1n) is 10.7. The van der Waals surface area contributed by atoms with Crippen molar-refractivity contribution >= 4 is 33.2 Å². The van der Waals surface area contributed by atoms with Gasteiger partial charge >= 0.3 is 0 Å². The number of hydrogen-bond donors (Lipinski definition) is 2. The molecule has 2 N–H and O–H groups in total. The third-order valence-electron chi connectivity index (χ3n) is 4.97. The van der Waals surface area contributed by atoms with Gasteiger partial charge in [0.05, 0.1) is 21.8 Å². The summed E-state index contributed by atoms with van der Waals surface area (Å²) in [5.74, 6) is -0.957. The fourth-order valence-corrected chi connectivity index (χ4v) is 4.93. The lowest BCUT2D eigenvalue weighted by molar-refractivity contribution is -0.114. The summed E-state index contributed by atoms with van der Waals surface area (Å²) < 4.78 is 28.1. The number of rotatable bonds is 9. The van der Waals surface area contributed by atoms with E-state index in [-0.39, 0.29) is 28.6 Å². The molecule has 0 aliphatic heterocycles. The number of amides is 2. The molecule has 0 bridgehead atoms.